The van der Waals surface area contributed by atoms with Crippen molar-refractivity contribution in [3.05, 3.63) is 28.6 Å². The Bertz CT molecular complexity index is 651. The second kappa shape index (κ2) is 5.92. The molecule has 0 radical (unpaired) electrons. The maximum absolute atomic E-state index is 12.0. The molecule has 6 heteroatoms. The van der Waals surface area contributed by atoms with Crippen molar-refractivity contribution in [1.82, 2.24) is 9.97 Å². The summed E-state index contributed by atoms with van der Waals surface area (Å²) >= 11 is 0. The number of anilines is 2. The molecule has 1 unspecified atom stereocenters. The Morgan fingerprint density at radius 2 is 2.20 bits per heavy atom. The Morgan fingerprint density at radius 1 is 1.45 bits per heavy atom. The lowest BCUT2D eigenvalue weighted by Gasteiger charge is -2.21. The number of nitrogens with zero attached hydrogens (tertiary/aromatic N) is 1. The first-order valence-corrected chi connectivity index (χ1v) is 6.56. The minimum Gasteiger partial charge on any atom is -0.399 e. The second-order valence-electron chi connectivity index (χ2n) is 5.14. The van der Waals surface area contributed by atoms with Gasteiger partial charge in [-0.3, -0.25) is 9.78 Å². The van der Waals surface area contributed by atoms with Crippen molar-refractivity contribution in [3.63, 3.8) is 0 Å². The van der Waals surface area contributed by atoms with Gasteiger partial charge in [0, 0.05) is 12.8 Å². The molecule has 0 bridgehead atoms. The third-order valence-electron chi connectivity index (χ3n) is 3.20. The maximum atomic E-state index is 12.0. The van der Waals surface area contributed by atoms with Gasteiger partial charge in [0.1, 0.15) is 0 Å². The van der Waals surface area contributed by atoms with Crippen LogP contribution in [0.1, 0.15) is 13.8 Å². The van der Waals surface area contributed by atoms with Gasteiger partial charge in [0.2, 0.25) is 5.95 Å². The summed E-state index contributed by atoms with van der Waals surface area (Å²) in [6.07, 6.45) is 0. The average Bonchev–Trinajstić information content (AvgIpc) is 2.39. The number of ether oxygens (including phenoxy) is 1. The van der Waals surface area contributed by atoms with Crippen molar-refractivity contribution in [2.24, 2.45) is 5.92 Å². The number of hydrogen-bond acceptors (Lipinski definition) is 5. The van der Waals surface area contributed by atoms with E-state index in [0.29, 0.717) is 35.1 Å². The number of nitrogens with one attached hydrogen (secondary N) is 2. The summed E-state index contributed by atoms with van der Waals surface area (Å²) in [5.74, 6) is 0.797. The van der Waals surface area contributed by atoms with E-state index in [2.05, 4.69) is 29.1 Å². The topological polar surface area (TPSA) is 93.0 Å². The van der Waals surface area contributed by atoms with E-state index in [1.54, 1.807) is 25.3 Å². The number of nitrogen functional groups attached to an aromatic ring is 1. The zero-order valence-electron chi connectivity index (χ0n) is 11.9. The quantitative estimate of drug-likeness (QED) is 0.721. The van der Waals surface area contributed by atoms with E-state index in [-0.39, 0.29) is 11.6 Å². The van der Waals surface area contributed by atoms with Crippen LogP contribution in [0.3, 0.4) is 0 Å². The number of hydrogen-bond donors (Lipinski definition) is 3. The number of fused-ring (bicyclic) bond motifs is 1. The van der Waals surface area contributed by atoms with Crippen LogP contribution in [-0.2, 0) is 4.74 Å². The highest BCUT2D eigenvalue weighted by Gasteiger charge is 2.14. The molecule has 2 aromatic rings. The molecule has 1 aromatic carbocycles. The van der Waals surface area contributed by atoms with Crippen LogP contribution < -0.4 is 16.6 Å². The van der Waals surface area contributed by atoms with Gasteiger partial charge in [-0.1, -0.05) is 13.8 Å². The van der Waals surface area contributed by atoms with Crippen LogP contribution in [0.4, 0.5) is 11.6 Å². The number of aromatic nitrogens is 2. The largest absolute Gasteiger partial charge is 0.399 e. The summed E-state index contributed by atoms with van der Waals surface area (Å²) in [6.45, 7) is 4.70. The molecule has 1 atom stereocenters. The number of aromatic amines is 1. The minimum atomic E-state index is -0.204. The Morgan fingerprint density at radius 3 is 2.85 bits per heavy atom. The Balaban J connectivity index is 2.36. The van der Waals surface area contributed by atoms with Crippen LogP contribution in [0, 0.1) is 5.92 Å². The van der Waals surface area contributed by atoms with E-state index in [4.69, 9.17) is 10.5 Å². The van der Waals surface area contributed by atoms with Crippen LogP contribution in [0.5, 0.6) is 0 Å². The third-order valence-corrected chi connectivity index (χ3v) is 3.20. The zero-order valence-corrected chi connectivity index (χ0v) is 11.9. The molecule has 1 heterocycles. The van der Waals surface area contributed by atoms with E-state index in [1.165, 1.54) is 0 Å². The minimum absolute atomic E-state index is 0.0781. The molecule has 0 spiro atoms. The fourth-order valence-electron chi connectivity index (χ4n) is 1.98. The van der Waals surface area contributed by atoms with E-state index in [1.807, 2.05) is 0 Å². The summed E-state index contributed by atoms with van der Waals surface area (Å²) in [5, 5.41) is 3.69. The molecule has 0 amide bonds. The van der Waals surface area contributed by atoms with Crippen molar-refractivity contribution in [2.45, 2.75) is 19.9 Å². The van der Waals surface area contributed by atoms with E-state index >= 15 is 0 Å². The SMILES string of the molecule is COCC(Nc1nc2ccc(N)cc2c(=O)[nH]1)C(C)C. The Labute approximate surface area is 117 Å². The fraction of sp³-hybridized carbons (Fsp3) is 0.429. The van der Waals surface area contributed by atoms with Crippen LogP contribution >= 0.6 is 0 Å². The normalized spacial score (nSPS) is 12.8. The molecule has 20 heavy (non-hydrogen) atoms. The van der Waals surface area contributed by atoms with Gasteiger partial charge in [0.25, 0.3) is 5.56 Å². The van der Waals surface area contributed by atoms with Crippen molar-refractivity contribution < 1.29 is 4.74 Å². The fourth-order valence-corrected chi connectivity index (χ4v) is 1.98. The first-order chi connectivity index (χ1) is 9.51. The van der Waals surface area contributed by atoms with Gasteiger partial charge < -0.3 is 15.8 Å². The molecule has 4 N–H and O–H groups in total. The Hall–Kier alpha value is -2.08. The summed E-state index contributed by atoms with van der Waals surface area (Å²) in [5.41, 5.74) is 6.64. The molecule has 6 nitrogen and oxygen atoms in total. The molecule has 0 fully saturated rings. The number of methoxy groups -OCH3 is 1. The second-order valence-corrected chi connectivity index (χ2v) is 5.14. The van der Waals surface area contributed by atoms with Crippen LogP contribution in [-0.4, -0.2) is 29.7 Å². The van der Waals surface area contributed by atoms with Gasteiger partial charge in [-0.2, -0.15) is 0 Å². The van der Waals surface area contributed by atoms with E-state index < -0.39 is 0 Å². The van der Waals surface area contributed by atoms with Crippen LogP contribution in [0.2, 0.25) is 0 Å². The van der Waals surface area contributed by atoms with Gasteiger partial charge in [-0.25, -0.2) is 4.98 Å². The Kier molecular flexibility index (Phi) is 4.24. The molecule has 0 saturated heterocycles. The van der Waals surface area contributed by atoms with Crippen LogP contribution in [0.25, 0.3) is 10.9 Å². The predicted octanol–water partition coefficient (Wildman–Crippen LogP) is 1.59. The first kappa shape index (κ1) is 14.3. The van der Waals surface area contributed by atoms with Gasteiger partial charge >= 0.3 is 0 Å². The van der Waals surface area contributed by atoms with Crippen molar-refractivity contribution >= 4 is 22.5 Å². The van der Waals surface area contributed by atoms with Crippen molar-refractivity contribution in [2.75, 3.05) is 24.8 Å². The number of rotatable bonds is 5. The monoisotopic (exact) mass is 276 g/mol. The van der Waals surface area contributed by atoms with Crippen LogP contribution in [0.15, 0.2) is 23.0 Å². The highest BCUT2D eigenvalue weighted by molar-refractivity contribution is 5.81. The summed E-state index contributed by atoms with van der Waals surface area (Å²) < 4.78 is 5.17. The van der Waals surface area contributed by atoms with Gasteiger partial charge in [-0.15, -0.1) is 0 Å². The lowest BCUT2D eigenvalue weighted by Crippen LogP contribution is -2.32. The van der Waals surface area contributed by atoms with Gasteiger partial charge in [0.05, 0.1) is 23.6 Å². The highest BCUT2D eigenvalue weighted by Crippen LogP contribution is 2.14. The molecule has 1 aromatic heterocycles. The zero-order chi connectivity index (χ0) is 14.7. The van der Waals surface area contributed by atoms with Gasteiger partial charge in [0.15, 0.2) is 0 Å². The average molecular weight is 276 g/mol. The third kappa shape index (κ3) is 3.08. The molecule has 0 aliphatic rings. The van der Waals surface area contributed by atoms with E-state index in [0.717, 1.165) is 0 Å². The molecular formula is C14H20N4O2. The molecule has 0 aliphatic heterocycles. The van der Waals surface area contributed by atoms with Crippen molar-refractivity contribution in [3.8, 4) is 0 Å². The lowest BCUT2D eigenvalue weighted by atomic mass is 10.1. The predicted molar refractivity (Wildman–Crippen MR) is 80.9 cm³/mol. The maximum Gasteiger partial charge on any atom is 0.260 e. The number of nitrogens with two attached hydrogens (primary N) is 1. The smallest absolute Gasteiger partial charge is 0.260 e. The van der Waals surface area contributed by atoms with E-state index in [9.17, 15) is 4.79 Å². The number of benzene rings is 1. The summed E-state index contributed by atoms with van der Waals surface area (Å²) in [6, 6.07) is 5.17. The molecular weight excluding hydrogens is 256 g/mol. The molecule has 0 saturated carbocycles. The van der Waals surface area contributed by atoms with Gasteiger partial charge in [-0.05, 0) is 24.1 Å². The summed E-state index contributed by atoms with van der Waals surface area (Å²) in [4.78, 5) is 19.2. The lowest BCUT2D eigenvalue weighted by molar-refractivity contribution is 0.171. The molecule has 2 rings (SSSR count). The van der Waals surface area contributed by atoms with Crippen molar-refractivity contribution in [1.29, 1.82) is 0 Å². The summed E-state index contributed by atoms with van der Waals surface area (Å²) in [7, 11) is 1.65. The first-order valence-electron chi connectivity index (χ1n) is 6.56. The number of H-pyrrole nitrogens is 1. The highest BCUT2D eigenvalue weighted by atomic mass is 16.5. The molecule has 0 aliphatic carbocycles. The standard InChI is InChI=1S/C14H20N4O2/c1-8(2)12(7-20-3)17-14-16-11-5-4-9(15)6-10(11)13(19)18-14/h4-6,8,12H,7,15H2,1-3H3,(H2,16,17,18,19). The molecule has 108 valence electrons.